The summed E-state index contributed by atoms with van der Waals surface area (Å²) >= 11 is 0. The van der Waals surface area contributed by atoms with Crippen LogP contribution in [0.5, 0.6) is 0 Å². The molecular formula is C19H19NO2. The van der Waals surface area contributed by atoms with Crippen molar-refractivity contribution in [2.45, 2.75) is 13.2 Å². The fraction of sp³-hybridized carbons (Fsp3) is 0.158. The third kappa shape index (κ3) is 2.34. The highest BCUT2D eigenvalue weighted by molar-refractivity contribution is 5.85. The first-order valence-corrected chi connectivity index (χ1v) is 7.31. The molecule has 3 nitrogen and oxygen atoms in total. The summed E-state index contributed by atoms with van der Waals surface area (Å²) in [6.45, 7) is -0.195. The van der Waals surface area contributed by atoms with Gasteiger partial charge in [-0.15, -0.1) is 0 Å². The van der Waals surface area contributed by atoms with Gasteiger partial charge < -0.3 is 14.8 Å². The second-order valence-electron chi connectivity index (χ2n) is 5.26. The Kier molecular flexibility index (Phi) is 4.09. The summed E-state index contributed by atoms with van der Waals surface area (Å²) in [4.78, 5) is 0. The van der Waals surface area contributed by atoms with Crippen LogP contribution in [-0.2, 0) is 20.3 Å². The molecule has 2 N–H and O–H groups in total. The topological polar surface area (TPSA) is 45.4 Å². The fourth-order valence-electron chi connectivity index (χ4n) is 3.01. The molecule has 0 spiro atoms. The monoisotopic (exact) mass is 293 g/mol. The quantitative estimate of drug-likeness (QED) is 0.775. The van der Waals surface area contributed by atoms with Gasteiger partial charge in [-0.25, -0.2) is 0 Å². The van der Waals surface area contributed by atoms with E-state index in [1.807, 2.05) is 72.3 Å². The summed E-state index contributed by atoms with van der Waals surface area (Å²) in [7, 11) is 1.93. The molecule has 0 fully saturated rings. The minimum Gasteiger partial charge on any atom is -0.392 e. The smallest absolute Gasteiger partial charge is 0.0836 e. The van der Waals surface area contributed by atoms with Gasteiger partial charge in [0.2, 0.25) is 0 Å². The van der Waals surface area contributed by atoms with Gasteiger partial charge in [-0.05, 0) is 11.1 Å². The molecule has 0 radical (unpaired) electrons. The van der Waals surface area contributed by atoms with E-state index in [0.29, 0.717) is 0 Å². The molecule has 3 rings (SSSR count). The third-order valence-corrected chi connectivity index (χ3v) is 4.04. The van der Waals surface area contributed by atoms with Gasteiger partial charge in [-0.2, -0.15) is 0 Å². The third-order valence-electron chi connectivity index (χ3n) is 4.04. The van der Waals surface area contributed by atoms with Crippen molar-refractivity contribution in [1.29, 1.82) is 0 Å². The van der Waals surface area contributed by atoms with E-state index >= 15 is 0 Å². The van der Waals surface area contributed by atoms with Crippen LogP contribution in [0.3, 0.4) is 0 Å². The molecule has 2 aromatic carbocycles. The van der Waals surface area contributed by atoms with Crippen LogP contribution in [0, 0.1) is 0 Å². The molecule has 1 heterocycles. The predicted octanol–water partition coefficient (Wildman–Crippen LogP) is 3.34. The number of nitrogens with zero attached hydrogens (tertiary/aromatic N) is 1. The molecule has 3 heteroatoms. The van der Waals surface area contributed by atoms with E-state index in [9.17, 15) is 10.2 Å². The van der Waals surface area contributed by atoms with Crippen molar-refractivity contribution in [2.24, 2.45) is 7.05 Å². The van der Waals surface area contributed by atoms with Crippen molar-refractivity contribution in [1.82, 2.24) is 4.57 Å². The summed E-state index contributed by atoms with van der Waals surface area (Å²) in [5.74, 6) is 0. The van der Waals surface area contributed by atoms with Crippen molar-refractivity contribution in [3.8, 4) is 22.4 Å². The zero-order chi connectivity index (χ0) is 15.5. The van der Waals surface area contributed by atoms with Crippen LogP contribution in [0.2, 0.25) is 0 Å². The molecule has 0 saturated heterocycles. The number of hydrogen-bond acceptors (Lipinski definition) is 2. The summed E-state index contributed by atoms with van der Waals surface area (Å²) in [5.41, 5.74) is 5.65. The maximum atomic E-state index is 9.85. The zero-order valence-corrected chi connectivity index (χ0v) is 12.5. The fourth-order valence-corrected chi connectivity index (χ4v) is 3.01. The molecule has 0 atom stereocenters. The highest BCUT2D eigenvalue weighted by Gasteiger charge is 2.21. The Labute approximate surface area is 130 Å². The molecular weight excluding hydrogens is 274 g/mol. The lowest BCUT2D eigenvalue weighted by molar-refractivity contribution is 0.254. The Morgan fingerprint density at radius 3 is 1.82 bits per heavy atom. The van der Waals surface area contributed by atoms with Crippen molar-refractivity contribution >= 4 is 0 Å². The average molecular weight is 293 g/mol. The van der Waals surface area contributed by atoms with E-state index in [0.717, 1.165) is 33.6 Å². The Balaban J connectivity index is 2.35. The van der Waals surface area contributed by atoms with Gasteiger partial charge in [-0.1, -0.05) is 60.7 Å². The highest BCUT2D eigenvalue weighted by Crippen LogP contribution is 2.38. The molecule has 22 heavy (non-hydrogen) atoms. The van der Waals surface area contributed by atoms with Crippen LogP contribution in [0.1, 0.15) is 11.3 Å². The maximum absolute atomic E-state index is 9.85. The number of aliphatic hydroxyl groups excluding tert-OH is 2. The number of rotatable bonds is 4. The van der Waals surface area contributed by atoms with Gasteiger partial charge in [0.05, 0.1) is 18.9 Å². The van der Waals surface area contributed by atoms with Crippen LogP contribution in [0.15, 0.2) is 60.7 Å². The molecule has 0 aliphatic rings. The Hall–Kier alpha value is -2.36. The molecule has 0 unspecified atom stereocenters. The maximum Gasteiger partial charge on any atom is 0.0836 e. The van der Waals surface area contributed by atoms with Gasteiger partial charge in [0.1, 0.15) is 0 Å². The van der Waals surface area contributed by atoms with Crippen LogP contribution >= 0.6 is 0 Å². The first-order valence-electron chi connectivity index (χ1n) is 7.31. The summed E-state index contributed by atoms with van der Waals surface area (Å²) < 4.78 is 1.98. The van der Waals surface area contributed by atoms with Gasteiger partial charge in [0.15, 0.2) is 0 Å². The van der Waals surface area contributed by atoms with Crippen LogP contribution in [0.25, 0.3) is 22.4 Å². The van der Waals surface area contributed by atoms with Crippen LogP contribution < -0.4 is 0 Å². The summed E-state index contributed by atoms with van der Waals surface area (Å²) in [6, 6.07) is 20.1. The van der Waals surface area contributed by atoms with E-state index < -0.39 is 0 Å². The lowest BCUT2D eigenvalue weighted by Crippen LogP contribution is -2.00. The predicted molar refractivity (Wildman–Crippen MR) is 88.1 cm³/mol. The first kappa shape index (κ1) is 14.6. The van der Waals surface area contributed by atoms with Crippen molar-refractivity contribution in [2.75, 3.05) is 0 Å². The second kappa shape index (κ2) is 6.18. The van der Waals surface area contributed by atoms with Crippen molar-refractivity contribution in [3.05, 3.63) is 71.9 Å². The number of aromatic nitrogens is 1. The Morgan fingerprint density at radius 1 is 0.773 bits per heavy atom. The minimum atomic E-state index is -0.0982. The molecule has 0 aliphatic carbocycles. The normalized spacial score (nSPS) is 10.9. The molecule has 112 valence electrons. The van der Waals surface area contributed by atoms with Gasteiger partial charge in [0.25, 0.3) is 0 Å². The van der Waals surface area contributed by atoms with E-state index in [1.54, 1.807) is 0 Å². The Morgan fingerprint density at radius 2 is 1.32 bits per heavy atom. The largest absolute Gasteiger partial charge is 0.392 e. The van der Waals surface area contributed by atoms with Gasteiger partial charge >= 0.3 is 0 Å². The molecule has 0 saturated carbocycles. The molecule has 0 bridgehead atoms. The van der Waals surface area contributed by atoms with Crippen molar-refractivity contribution in [3.63, 3.8) is 0 Å². The molecule has 1 aromatic heterocycles. The van der Waals surface area contributed by atoms with E-state index in [4.69, 9.17) is 0 Å². The van der Waals surface area contributed by atoms with E-state index in [1.165, 1.54) is 0 Å². The average Bonchev–Trinajstić information content (AvgIpc) is 2.88. The molecule has 0 aliphatic heterocycles. The zero-order valence-electron chi connectivity index (χ0n) is 12.5. The SMILES string of the molecule is Cn1c(CO)c(CO)c(-c2ccccc2)c1-c1ccccc1. The van der Waals surface area contributed by atoms with E-state index in [2.05, 4.69) is 0 Å². The lowest BCUT2D eigenvalue weighted by atomic mass is 9.97. The number of hydrogen-bond donors (Lipinski definition) is 2. The highest BCUT2D eigenvalue weighted by atomic mass is 16.3. The lowest BCUT2D eigenvalue weighted by Gasteiger charge is -2.09. The first-order chi connectivity index (χ1) is 10.8. The second-order valence-corrected chi connectivity index (χ2v) is 5.26. The van der Waals surface area contributed by atoms with Crippen LogP contribution in [0.4, 0.5) is 0 Å². The number of benzene rings is 2. The van der Waals surface area contributed by atoms with E-state index in [-0.39, 0.29) is 13.2 Å². The minimum absolute atomic E-state index is 0.0964. The number of aliphatic hydroxyl groups is 2. The van der Waals surface area contributed by atoms with Gasteiger partial charge in [0, 0.05) is 23.9 Å². The van der Waals surface area contributed by atoms with Crippen molar-refractivity contribution < 1.29 is 10.2 Å². The molecule has 3 aromatic rings. The van der Waals surface area contributed by atoms with Gasteiger partial charge in [-0.3, -0.25) is 0 Å². The molecule has 0 amide bonds. The summed E-state index contributed by atoms with van der Waals surface area (Å²) in [6.07, 6.45) is 0. The standard InChI is InChI=1S/C19H19NO2/c1-20-17(13-22)16(12-21)18(14-8-4-2-5-9-14)19(20)15-10-6-3-7-11-15/h2-11,21-22H,12-13H2,1H3. The Bertz CT molecular complexity index is 761. The van der Waals surface area contributed by atoms with Crippen LogP contribution in [-0.4, -0.2) is 14.8 Å². The summed E-state index contributed by atoms with van der Waals surface area (Å²) in [5, 5.41) is 19.6.